The number of furan rings is 1. The molecule has 0 bridgehead atoms. The summed E-state index contributed by atoms with van der Waals surface area (Å²) in [5.74, 6) is -0.101. The van der Waals surface area contributed by atoms with Crippen molar-refractivity contribution in [1.29, 1.82) is 0 Å². The average molecular weight is 321 g/mol. The maximum Gasteiger partial charge on any atom is 0.265 e. The topological polar surface area (TPSA) is 97.4 Å². The molecule has 0 radical (unpaired) electrons. The van der Waals surface area contributed by atoms with Gasteiger partial charge in [0.15, 0.2) is 0 Å². The molecule has 0 saturated heterocycles. The molecule has 7 nitrogen and oxygen atoms in total. The van der Waals surface area contributed by atoms with Crippen LogP contribution in [0.1, 0.15) is 43.3 Å². The fraction of sp³-hybridized carbons (Fsp3) is 0.562. The summed E-state index contributed by atoms with van der Waals surface area (Å²) >= 11 is 0. The predicted molar refractivity (Wildman–Crippen MR) is 86.4 cm³/mol. The second-order valence-electron chi connectivity index (χ2n) is 6.99. The molecule has 126 valence electrons. The number of carbonyl (C=O) groups is 1. The van der Waals surface area contributed by atoms with E-state index >= 15 is 0 Å². The van der Waals surface area contributed by atoms with Gasteiger partial charge in [-0.15, -0.1) is 0 Å². The molecule has 1 amide bonds. The summed E-state index contributed by atoms with van der Waals surface area (Å²) in [6.45, 7) is 7.53. The van der Waals surface area contributed by atoms with E-state index in [1.165, 1.54) is 10.9 Å². The SMILES string of the molecule is Cc1oc2ncn(C)c(=O)c2c1C(=O)NC(CO)CC(C)(C)C. The minimum absolute atomic E-state index is 0.0497. The lowest BCUT2D eigenvalue weighted by atomic mass is 9.88. The van der Waals surface area contributed by atoms with E-state index in [9.17, 15) is 14.7 Å². The van der Waals surface area contributed by atoms with Crippen LogP contribution in [0.2, 0.25) is 0 Å². The van der Waals surface area contributed by atoms with Crippen LogP contribution in [0, 0.1) is 12.3 Å². The van der Waals surface area contributed by atoms with Crippen LogP contribution in [-0.2, 0) is 7.05 Å². The molecule has 0 spiro atoms. The number of rotatable bonds is 4. The molecule has 7 heteroatoms. The molecule has 2 N–H and O–H groups in total. The number of aliphatic hydroxyl groups excluding tert-OH is 1. The van der Waals surface area contributed by atoms with Gasteiger partial charge in [0.05, 0.1) is 18.2 Å². The molecular weight excluding hydrogens is 298 g/mol. The average Bonchev–Trinajstić information content (AvgIpc) is 2.77. The first kappa shape index (κ1) is 17.2. The van der Waals surface area contributed by atoms with E-state index < -0.39 is 11.9 Å². The number of amides is 1. The Morgan fingerprint density at radius 1 is 1.48 bits per heavy atom. The van der Waals surface area contributed by atoms with Crippen LogP contribution in [-0.4, -0.2) is 33.2 Å². The van der Waals surface area contributed by atoms with Crippen molar-refractivity contribution in [3.63, 3.8) is 0 Å². The van der Waals surface area contributed by atoms with E-state index in [4.69, 9.17) is 4.42 Å². The third-order valence-electron chi connectivity index (χ3n) is 3.59. The van der Waals surface area contributed by atoms with Crippen molar-refractivity contribution in [2.24, 2.45) is 12.5 Å². The number of nitrogens with zero attached hydrogens (tertiary/aromatic N) is 2. The second kappa shape index (κ2) is 6.16. The highest BCUT2D eigenvalue weighted by Gasteiger charge is 2.26. The normalized spacial score (nSPS) is 13.3. The van der Waals surface area contributed by atoms with Gasteiger partial charge in [-0.3, -0.25) is 9.59 Å². The Kier molecular flexibility index (Phi) is 4.61. The molecule has 2 heterocycles. The van der Waals surface area contributed by atoms with Crippen LogP contribution < -0.4 is 10.9 Å². The molecule has 2 aromatic heterocycles. The second-order valence-corrected chi connectivity index (χ2v) is 6.99. The molecule has 0 saturated carbocycles. The molecule has 1 atom stereocenters. The van der Waals surface area contributed by atoms with E-state index in [1.54, 1.807) is 14.0 Å². The van der Waals surface area contributed by atoms with E-state index in [0.29, 0.717) is 12.2 Å². The summed E-state index contributed by atoms with van der Waals surface area (Å²) in [5, 5.41) is 12.4. The molecule has 23 heavy (non-hydrogen) atoms. The monoisotopic (exact) mass is 321 g/mol. The van der Waals surface area contributed by atoms with Crippen molar-refractivity contribution < 1.29 is 14.3 Å². The lowest BCUT2D eigenvalue weighted by Crippen LogP contribution is -2.40. The molecule has 0 aliphatic rings. The van der Waals surface area contributed by atoms with Crippen LogP contribution in [0.25, 0.3) is 11.1 Å². The van der Waals surface area contributed by atoms with Crippen molar-refractivity contribution in [2.45, 2.75) is 40.2 Å². The number of nitrogens with one attached hydrogen (secondary N) is 1. The fourth-order valence-electron chi connectivity index (χ4n) is 2.62. The zero-order valence-corrected chi connectivity index (χ0v) is 14.1. The Hall–Kier alpha value is -2.15. The molecule has 2 rings (SSSR count). The fourth-order valence-corrected chi connectivity index (χ4v) is 2.62. The number of aliphatic hydroxyl groups is 1. The molecular formula is C16H23N3O4. The van der Waals surface area contributed by atoms with Gasteiger partial charge >= 0.3 is 0 Å². The Morgan fingerprint density at radius 3 is 2.70 bits per heavy atom. The van der Waals surface area contributed by atoms with Gasteiger partial charge in [0.2, 0.25) is 5.71 Å². The Bertz CT molecular complexity index is 783. The summed E-state index contributed by atoms with van der Waals surface area (Å²) < 4.78 is 6.72. The molecule has 1 unspecified atom stereocenters. The third-order valence-corrected chi connectivity index (χ3v) is 3.59. The van der Waals surface area contributed by atoms with E-state index in [2.05, 4.69) is 10.3 Å². The largest absolute Gasteiger partial charge is 0.442 e. The van der Waals surface area contributed by atoms with Crippen LogP contribution in [0.5, 0.6) is 0 Å². The highest BCUT2D eigenvalue weighted by molar-refractivity contribution is 6.06. The molecule has 2 aromatic rings. The maximum absolute atomic E-state index is 12.6. The number of hydrogen-bond donors (Lipinski definition) is 2. The van der Waals surface area contributed by atoms with Gasteiger partial charge in [0.25, 0.3) is 11.5 Å². The lowest BCUT2D eigenvalue weighted by molar-refractivity contribution is 0.0897. The molecule has 0 aromatic carbocycles. The molecule has 0 aliphatic carbocycles. The van der Waals surface area contributed by atoms with Crippen LogP contribution >= 0.6 is 0 Å². The minimum Gasteiger partial charge on any atom is -0.442 e. The van der Waals surface area contributed by atoms with Gasteiger partial charge in [-0.05, 0) is 18.8 Å². The zero-order valence-electron chi connectivity index (χ0n) is 14.1. The highest BCUT2D eigenvalue weighted by atomic mass is 16.3. The number of fused-ring (bicyclic) bond motifs is 1. The standard InChI is InChI=1S/C16H23N3O4/c1-9-11(12-14(23-9)17-8-19(5)15(12)22)13(21)18-10(7-20)6-16(2,3)4/h8,10,20H,6-7H2,1-5H3,(H,18,21). The number of aryl methyl sites for hydroxylation is 2. The third kappa shape index (κ3) is 3.61. The summed E-state index contributed by atoms with van der Waals surface area (Å²) in [6.07, 6.45) is 1.96. The van der Waals surface area contributed by atoms with Gasteiger partial charge in [-0.25, -0.2) is 4.98 Å². The van der Waals surface area contributed by atoms with Crippen molar-refractivity contribution in [2.75, 3.05) is 6.61 Å². The van der Waals surface area contributed by atoms with Gasteiger partial charge in [-0.1, -0.05) is 20.8 Å². The van der Waals surface area contributed by atoms with E-state index in [0.717, 1.165) is 0 Å². The Labute approximate surface area is 134 Å². The summed E-state index contributed by atoms with van der Waals surface area (Å²) in [5.41, 5.74) is -0.0622. The quantitative estimate of drug-likeness (QED) is 0.886. The van der Waals surface area contributed by atoms with Gasteiger partial charge in [-0.2, -0.15) is 0 Å². The smallest absolute Gasteiger partial charge is 0.265 e. The molecule has 0 fully saturated rings. The van der Waals surface area contributed by atoms with Crippen molar-refractivity contribution in [1.82, 2.24) is 14.9 Å². The van der Waals surface area contributed by atoms with Crippen LogP contribution in [0.3, 0.4) is 0 Å². The highest BCUT2D eigenvalue weighted by Crippen LogP contribution is 2.23. The summed E-state index contributed by atoms with van der Waals surface area (Å²) in [4.78, 5) is 28.9. The minimum atomic E-state index is -0.436. The summed E-state index contributed by atoms with van der Waals surface area (Å²) in [6, 6.07) is -0.396. The van der Waals surface area contributed by atoms with Crippen LogP contribution in [0.4, 0.5) is 0 Å². The predicted octanol–water partition coefficient (Wildman–Crippen LogP) is 1.36. The Morgan fingerprint density at radius 2 is 2.13 bits per heavy atom. The maximum atomic E-state index is 12.6. The van der Waals surface area contributed by atoms with Crippen molar-refractivity contribution in [3.05, 3.63) is 28.0 Å². The van der Waals surface area contributed by atoms with Crippen molar-refractivity contribution in [3.8, 4) is 0 Å². The van der Waals surface area contributed by atoms with Gasteiger partial charge in [0, 0.05) is 7.05 Å². The van der Waals surface area contributed by atoms with E-state index in [-0.39, 0.29) is 34.2 Å². The number of carbonyl (C=O) groups excluding carboxylic acids is 1. The first-order valence-electron chi connectivity index (χ1n) is 7.50. The van der Waals surface area contributed by atoms with Crippen molar-refractivity contribution >= 4 is 17.0 Å². The lowest BCUT2D eigenvalue weighted by Gasteiger charge is -2.25. The van der Waals surface area contributed by atoms with E-state index in [1.807, 2.05) is 20.8 Å². The number of aromatic nitrogens is 2. The van der Waals surface area contributed by atoms with Crippen LogP contribution in [0.15, 0.2) is 15.5 Å². The Balaban J connectivity index is 2.40. The van der Waals surface area contributed by atoms with Gasteiger partial charge < -0.3 is 19.4 Å². The molecule has 0 aliphatic heterocycles. The van der Waals surface area contributed by atoms with Gasteiger partial charge in [0.1, 0.15) is 17.5 Å². The first-order chi connectivity index (χ1) is 10.6. The number of hydrogen-bond acceptors (Lipinski definition) is 5. The summed E-state index contributed by atoms with van der Waals surface area (Å²) in [7, 11) is 1.56. The first-order valence-corrected chi connectivity index (χ1v) is 7.50. The zero-order chi connectivity index (χ0) is 17.4.